The maximum atomic E-state index is 13.0. The van der Waals surface area contributed by atoms with E-state index < -0.39 is 0 Å². The lowest BCUT2D eigenvalue weighted by Crippen LogP contribution is -2.00. The van der Waals surface area contributed by atoms with E-state index in [1.807, 2.05) is 13.2 Å². The van der Waals surface area contributed by atoms with Crippen LogP contribution >= 0.6 is 0 Å². The molecule has 2 rings (SSSR count). The summed E-state index contributed by atoms with van der Waals surface area (Å²) < 4.78 is 14.7. The molecule has 1 aromatic heterocycles. The summed E-state index contributed by atoms with van der Waals surface area (Å²) in [6.07, 6.45) is 1.84. The Bertz CT molecular complexity index is 492. The standard InChI is InChI=1S/C11H13FN4/c1-8-5-9(3-4-11(8)12)13-6-10-7-16(2)15-14-10/h3-5,7,13H,6H2,1-2H3. The zero-order valence-corrected chi connectivity index (χ0v) is 9.24. The number of halogens is 1. The third-order valence-electron chi connectivity index (χ3n) is 2.28. The number of nitrogens with zero attached hydrogens (tertiary/aromatic N) is 3. The van der Waals surface area contributed by atoms with Gasteiger partial charge in [-0.1, -0.05) is 5.21 Å². The van der Waals surface area contributed by atoms with Crippen molar-refractivity contribution in [3.8, 4) is 0 Å². The molecule has 0 aliphatic rings. The minimum atomic E-state index is -0.190. The first-order valence-corrected chi connectivity index (χ1v) is 5.00. The highest BCUT2D eigenvalue weighted by Crippen LogP contribution is 2.14. The minimum Gasteiger partial charge on any atom is -0.379 e. The molecule has 0 amide bonds. The van der Waals surface area contributed by atoms with E-state index in [-0.39, 0.29) is 5.82 Å². The second-order valence-electron chi connectivity index (χ2n) is 3.70. The van der Waals surface area contributed by atoms with Gasteiger partial charge >= 0.3 is 0 Å². The van der Waals surface area contributed by atoms with Crippen molar-refractivity contribution in [1.29, 1.82) is 0 Å². The van der Waals surface area contributed by atoms with Gasteiger partial charge in [0.25, 0.3) is 0 Å². The van der Waals surface area contributed by atoms with Crippen LogP contribution in [0.2, 0.25) is 0 Å². The largest absolute Gasteiger partial charge is 0.379 e. The van der Waals surface area contributed by atoms with Crippen LogP contribution in [0.15, 0.2) is 24.4 Å². The van der Waals surface area contributed by atoms with Crippen molar-refractivity contribution in [3.05, 3.63) is 41.5 Å². The molecule has 1 aromatic carbocycles. The summed E-state index contributed by atoms with van der Waals surface area (Å²) in [5.41, 5.74) is 2.36. The molecule has 0 aliphatic carbocycles. The Balaban J connectivity index is 2.02. The van der Waals surface area contributed by atoms with Crippen LogP contribution in [-0.2, 0) is 13.6 Å². The third kappa shape index (κ3) is 2.36. The molecule has 0 radical (unpaired) electrons. The zero-order valence-electron chi connectivity index (χ0n) is 9.24. The minimum absolute atomic E-state index is 0.190. The molecule has 0 bridgehead atoms. The number of aryl methyl sites for hydroxylation is 2. The summed E-state index contributed by atoms with van der Waals surface area (Å²) in [5.74, 6) is -0.190. The molecule has 4 nitrogen and oxygen atoms in total. The first-order chi connectivity index (χ1) is 7.65. The van der Waals surface area contributed by atoms with E-state index in [1.54, 1.807) is 23.7 Å². The second kappa shape index (κ2) is 4.30. The van der Waals surface area contributed by atoms with Gasteiger partial charge in [-0.15, -0.1) is 5.10 Å². The Morgan fingerprint density at radius 3 is 2.88 bits per heavy atom. The van der Waals surface area contributed by atoms with E-state index in [0.29, 0.717) is 12.1 Å². The average molecular weight is 220 g/mol. The Morgan fingerprint density at radius 2 is 2.25 bits per heavy atom. The van der Waals surface area contributed by atoms with Crippen molar-refractivity contribution in [2.75, 3.05) is 5.32 Å². The monoisotopic (exact) mass is 220 g/mol. The number of anilines is 1. The molecule has 0 fully saturated rings. The number of aromatic nitrogens is 3. The Labute approximate surface area is 93.1 Å². The fourth-order valence-electron chi connectivity index (χ4n) is 1.42. The molecule has 1 N–H and O–H groups in total. The van der Waals surface area contributed by atoms with Gasteiger partial charge in [-0.3, -0.25) is 4.68 Å². The average Bonchev–Trinajstić information content (AvgIpc) is 2.66. The number of nitrogens with one attached hydrogen (secondary N) is 1. The summed E-state index contributed by atoms with van der Waals surface area (Å²) in [7, 11) is 1.82. The fourth-order valence-corrected chi connectivity index (χ4v) is 1.42. The van der Waals surface area contributed by atoms with E-state index >= 15 is 0 Å². The van der Waals surface area contributed by atoms with Gasteiger partial charge in [-0.2, -0.15) is 0 Å². The normalized spacial score (nSPS) is 10.4. The van der Waals surface area contributed by atoms with Gasteiger partial charge in [0, 0.05) is 18.9 Å². The lowest BCUT2D eigenvalue weighted by molar-refractivity contribution is 0.618. The maximum absolute atomic E-state index is 13.0. The molecule has 0 atom stereocenters. The molecule has 2 aromatic rings. The third-order valence-corrected chi connectivity index (χ3v) is 2.28. The highest BCUT2D eigenvalue weighted by atomic mass is 19.1. The smallest absolute Gasteiger partial charge is 0.126 e. The molecular weight excluding hydrogens is 207 g/mol. The number of rotatable bonds is 3. The van der Waals surface area contributed by atoms with Crippen molar-refractivity contribution in [2.24, 2.45) is 7.05 Å². The molecule has 1 heterocycles. The summed E-state index contributed by atoms with van der Waals surface area (Å²) >= 11 is 0. The van der Waals surface area contributed by atoms with Crippen LogP contribution < -0.4 is 5.32 Å². The van der Waals surface area contributed by atoms with Crippen LogP contribution in [0.3, 0.4) is 0 Å². The molecule has 5 heteroatoms. The highest BCUT2D eigenvalue weighted by Gasteiger charge is 2.00. The van der Waals surface area contributed by atoms with Gasteiger partial charge in [0.05, 0.1) is 6.54 Å². The first kappa shape index (κ1) is 10.6. The van der Waals surface area contributed by atoms with Crippen molar-refractivity contribution >= 4 is 5.69 Å². The van der Waals surface area contributed by atoms with Crippen molar-refractivity contribution in [1.82, 2.24) is 15.0 Å². The summed E-state index contributed by atoms with van der Waals surface area (Å²) in [5, 5.41) is 10.9. The Kier molecular flexibility index (Phi) is 2.85. The second-order valence-corrected chi connectivity index (χ2v) is 3.70. The predicted octanol–water partition coefficient (Wildman–Crippen LogP) is 1.87. The quantitative estimate of drug-likeness (QED) is 0.858. The first-order valence-electron chi connectivity index (χ1n) is 5.00. The summed E-state index contributed by atoms with van der Waals surface area (Å²) in [4.78, 5) is 0. The molecule has 16 heavy (non-hydrogen) atoms. The van der Waals surface area contributed by atoms with Gasteiger partial charge in [0.1, 0.15) is 11.5 Å². The number of hydrogen-bond donors (Lipinski definition) is 1. The zero-order chi connectivity index (χ0) is 11.5. The SMILES string of the molecule is Cc1cc(NCc2cn(C)nn2)ccc1F. The van der Waals surface area contributed by atoms with E-state index in [0.717, 1.165) is 11.4 Å². The van der Waals surface area contributed by atoms with Gasteiger partial charge < -0.3 is 5.32 Å². The molecule has 0 saturated carbocycles. The number of hydrogen-bond acceptors (Lipinski definition) is 3. The lowest BCUT2D eigenvalue weighted by Gasteiger charge is -2.05. The van der Waals surface area contributed by atoms with E-state index in [2.05, 4.69) is 15.6 Å². The van der Waals surface area contributed by atoms with Gasteiger partial charge in [-0.05, 0) is 30.7 Å². The topological polar surface area (TPSA) is 42.7 Å². The van der Waals surface area contributed by atoms with Gasteiger partial charge in [0.15, 0.2) is 0 Å². The fraction of sp³-hybridized carbons (Fsp3) is 0.273. The van der Waals surface area contributed by atoms with Crippen molar-refractivity contribution in [3.63, 3.8) is 0 Å². The van der Waals surface area contributed by atoms with Crippen LogP contribution in [-0.4, -0.2) is 15.0 Å². The molecule has 84 valence electrons. The van der Waals surface area contributed by atoms with Crippen LogP contribution in [0.4, 0.5) is 10.1 Å². The molecule has 0 saturated heterocycles. The van der Waals surface area contributed by atoms with Crippen molar-refractivity contribution in [2.45, 2.75) is 13.5 Å². The Morgan fingerprint density at radius 1 is 1.44 bits per heavy atom. The van der Waals surface area contributed by atoms with Crippen molar-refractivity contribution < 1.29 is 4.39 Å². The molecule has 0 spiro atoms. The Hall–Kier alpha value is -1.91. The maximum Gasteiger partial charge on any atom is 0.126 e. The van der Waals surface area contributed by atoms with Crippen LogP contribution in [0.5, 0.6) is 0 Å². The van der Waals surface area contributed by atoms with Gasteiger partial charge in [0.2, 0.25) is 0 Å². The van der Waals surface area contributed by atoms with Crippen LogP contribution in [0.1, 0.15) is 11.3 Å². The summed E-state index contributed by atoms with van der Waals surface area (Å²) in [6, 6.07) is 4.93. The lowest BCUT2D eigenvalue weighted by atomic mass is 10.2. The number of benzene rings is 1. The van der Waals surface area contributed by atoms with E-state index in [1.165, 1.54) is 6.07 Å². The molecule has 0 unspecified atom stereocenters. The summed E-state index contributed by atoms with van der Waals surface area (Å²) in [6.45, 7) is 2.32. The van der Waals surface area contributed by atoms with Gasteiger partial charge in [-0.25, -0.2) is 4.39 Å². The van der Waals surface area contributed by atoms with Crippen LogP contribution in [0, 0.1) is 12.7 Å². The predicted molar refractivity (Wildman–Crippen MR) is 59.5 cm³/mol. The van der Waals surface area contributed by atoms with E-state index in [4.69, 9.17) is 0 Å². The van der Waals surface area contributed by atoms with Crippen LogP contribution in [0.25, 0.3) is 0 Å². The molecule has 0 aliphatic heterocycles. The molecular formula is C11H13FN4. The van der Waals surface area contributed by atoms with E-state index in [9.17, 15) is 4.39 Å². The highest BCUT2D eigenvalue weighted by molar-refractivity contribution is 5.45.